The number of aryl methyl sites for hydroxylation is 1. The first-order chi connectivity index (χ1) is 10.1. The number of nitrogens with zero attached hydrogens (tertiary/aromatic N) is 3. The van der Waals surface area contributed by atoms with Crippen molar-refractivity contribution < 1.29 is 9.90 Å². The first-order valence-electron chi connectivity index (χ1n) is 6.40. The van der Waals surface area contributed by atoms with Crippen LogP contribution in [0.4, 0.5) is 0 Å². The Balaban J connectivity index is 2.15. The van der Waals surface area contributed by atoms with Gasteiger partial charge in [0.1, 0.15) is 0 Å². The number of rotatable bonds is 3. The van der Waals surface area contributed by atoms with Gasteiger partial charge in [0.25, 0.3) is 5.56 Å². The summed E-state index contributed by atoms with van der Waals surface area (Å²) in [7, 11) is 0. The lowest BCUT2D eigenvalue weighted by Gasteiger charge is -2.04. The molecule has 0 saturated carbocycles. The molecule has 2 N–H and O–H groups in total. The van der Waals surface area contributed by atoms with Crippen LogP contribution in [0, 0.1) is 0 Å². The summed E-state index contributed by atoms with van der Waals surface area (Å²) in [4.78, 5) is 29.9. The van der Waals surface area contributed by atoms with Crippen LogP contribution >= 0.6 is 0 Å². The van der Waals surface area contributed by atoms with Gasteiger partial charge in [-0.05, 0) is 24.1 Å². The average Bonchev–Trinajstić information content (AvgIpc) is 2.97. The Bertz CT molecular complexity index is 895. The number of hydrogen-bond acceptors (Lipinski definition) is 4. The molecule has 7 heteroatoms. The molecule has 0 fully saturated rings. The number of fused-ring (bicyclic) bond motifs is 1. The second-order valence-electron chi connectivity index (χ2n) is 4.57. The monoisotopic (exact) mass is 284 g/mol. The van der Waals surface area contributed by atoms with Crippen molar-refractivity contribution in [2.75, 3.05) is 0 Å². The van der Waals surface area contributed by atoms with Crippen molar-refractivity contribution in [3.05, 3.63) is 52.1 Å². The fourth-order valence-corrected chi connectivity index (χ4v) is 2.05. The smallest absolute Gasteiger partial charge is 0.338 e. The number of nitrogens with one attached hydrogen (secondary N) is 1. The zero-order valence-electron chi connectivity index (χ0n) is 11.2. The Morgan fingerprint density at radius 2 is 2.24 bits per heavy atom. The number of aromatic carboxylic acids is 1. The van der Waals surface area contributed by atoms with Crippen molar-refractivity contribution in [3.63, 3.8) is 0 Å². The van der Waals surface area contributed by atoms with E-state index in [9.17, 15) is 9.59 Å². The number of carbonyl (C=O) groups is 1. The highest BCUT2D eigenvalue weighted by molar-refractivity contribution is 5.87. The Kier molecular flexibility index (Phi) is 3.02. The molecule has 7 nitrogen and oxygen atoms in total. The van der Waals surface area contributed by atoms with Gasteiger partial charge in [-0.2, -0.15) is 5.10 Å². The molecule has 0 amide bonds. The van der Waals surface area contributed by atoms with Crippen LogP contribution in [-0.2, 0) is 6.42 Å². The number of aromatic nitrogens is 4. The molecule has 0 bridgehead atoms. The third kappa shape index (κ3) is 2.29. The molecule has 106 valence electrons. The molecule has 0 aliphatic heterocycles. The number of carboxylic acid groups (broad SMARTS) is 1. The second kappa shape index (κ2) is 4.86. The summed E-state index contributed by atoms with van der Waals surface area (Å²) in [5.41, 5.74) is 1.34. The number of carboxylic acids is 1. The molecule has 3 rings (SSSR count). The van der Waals surface area contributed by atoms with E-state index >= 15 is 0 Å². The molecule has 0 unspecified atom stereocenters. The van der Waals surface area contributed by atoms with Gasteiger partial charge in [-0.15, -0.1) is 0 Å². The van der Waals surface area contributed by atoms with Crippen LogP contribution in [0.25, 0.3) is 16.9 Å². The first-order valence-corrected chi connectivity index (χ1v) is 6.40. The molecule has 21 heavy (non-hydrogen) atoms. The number of aromatic amines is 1. The lowest BCUT2D eigenvalue weighted by Crippen LogP contribution is -2.14. The summed E-state index contributed by atoms with van der Waals surface area (Å²) in [6.07, 6.45) is 3.33. The molecule has 0 saturated heterocycles. The minimum absolute atomic E-state index is 0.0269. The van der Waals surface area contributed by atoms with Crippen LogP contribution in [0.3, 0.4) is 0 Å². The van der Waals surface area contributed by atoms with Crippen LogP contribution < -0.4 is 5.56 Å². The summed E-state index contributed by atoms with van der Waals surface area (Å²) in [6, 6.07) is 5.48. The quantitative estimate of drug-likeness (QED) is 0.756. The van der Waals surface area contributed by atoms with E-state index in [1.807, 2.05) is 13.0 Å². The number of benzene rings is 1. The van der Waals surface area contributed by atoms with Gasteiger partial charge < -0.3 is 5.11 Å². The summed E-state index contributed by atoms with van der Waals surface area (Å²) < 4.78 is 1.23. The Morgan fingerprint density at radius 1 is 1.43 bits per heavy atom. The van der Waals surface area contributed by atoms with E-state index in [0.717, 1.165) is 12.0 Å². The molecule has 3 aromatic rings. The minimum Gasteiger partial charge on any atom is -0.478 e. The van der Waals surface area contributed by atoms with E-state index in [1.165, 1.54) is 17.1 Å². The van der Waals surface area contributed by atoms with Crippen molar-refractivity contribution in [3.8, 4) is 5.95 Å². The van der Waals surface area contributed by atoms with Gasteiger partial charge in [-0.1, -0.05) is 13.0 Å². The van der Waals surface area contributed by atoms with Crippen molar-refractivity contribution in [1.82, 2.24) is 19.7 Å². The molecule has 0 aliphatic carbocycles. The molecule has 0 radical (unpaired) electrons. The van der Waals surface area contributed by atoms with Crippen LogP contribution in [0.2, 0.25) is 0 Å². The Hall–Kier alpha value is -2.96. The fourth-order valence-electron chi connectivity index (χ4n) is 2.05. The van der Waals surface area contributed by atoms with E-state index in [0.29, 0.717) is 10.9 Å². The largest absolute Gasteiger partial charge is 0.478 e. The maximum atomic E-state index is 12.1. The molecule has 0 spiro atoms. The molecule has 2 aromatic heterocycles. The standard InChI is InChI=1S/C14H12N4O3/c1-2-8-3-4-11-10(5-8)12(19)17-14(16-11)18-7-9(6-15-18)13(20)21/h3-7H,2H2,1H3,(H,20,21)(H,16,17,19). The summed E-state index contributed by atoms with van der Waals surface area (Å²) in [5, 5.41) is 13.3. The van der Waals surface area contributed by atoms with E-state index in [4.69, 9.17) is 5.11 Å². The molecular formula is C14H12N4O3. The van der Waals surface area contributed by atoms with Gasteiger partial charge in [0.2, 0.25) is 5.95 Å². The highest BCUT2D eigenvalue weighted by Crippen LogP contribution is 2.12. The lowest BCUT2D eigenvalue weighted by atomic mass is 10.1. The van der Waals surface area contributed by atoms with E-state index in [1.54, 1.807) is 12.1 Å². The van der Waals surface area contributed by atoms with Gasteiger partial charge in [-0.3, -0.25) is 9.78 Å². The summed E-state index contributed by atoms with van der Waals surface area (Å²) in [5.74, 6) is -0.902. The first kappa shape index (κ1) is 13.0. The van der Waals surface area contributed by atoms with Crippen molar-refractivity contribution >= 4 is 16.9 Å². The van der Waals surface area contributed by atoms with Crippen LogP contribution in [-0.4, -0.2) is 30.8 Å². The van der Waals surface area contributed by atoms with Crippen molar-refractivity contribution in [1.29, 1.82) is 0 Å². The maximum Gasteiger partial charge on any atom is 0.338 e. The SMILES string of the molecule is CCc1ccc2nc(-n3cc(C(=O)O)cn3)[nH]c(=O)c2c1. The Morgan fingerprint density at radius 3 is 2.90 bits per heavy atom. The topological polar surface area (TPSA) is 101 Å². The van der Waals surface area contributed by atoms with Gasteiger partial charge >= 0.3 is 5.97 Å². The van der Waals surface area contributed by atoms with Crippen LogP contribution in [0.1, 0.15) is 22.8 Å². The van der Waals surface area contributed by atoms with E-state index in [2.05, 4.69) is 15.1 Å². The zero-order chi connectivity index (χ0) is 15.0. The number of H-pyrrole nitrogens is 1. The molecular weight excluding hydrogens is 272 g/mol. The maximum absolute atomic E-state index is 12.1. The summed E-state index contributed by atoms with van der Waals surface area (Å²) in [6.45, 7) is 2.01. The summed E-state index contributed by atoms with van der Waals surface area (Å²) >= 11 is 0. The molecule has 1 aromatic carbocycles. The van der Waals surface area contributed by atoms with Crippen LogP contribution in [0.15, 0.2) is 35.4 Å². The molecule has 0 aliphatic rings. The van der Waals surface area contributed by atoms with Gasteiger partial charge in [0.05, 0.1) is 22.7 Å². The zero-order valence-corrected chi connectivity index (χ0v) is 11.2. The van der Waals surface area contributed by atoms with Crippen molar-refractivity contribution in [2.24, 2.45) is 0 Å². The average molecular weight is 284 g/mol. The van der Waals surface area contributed by atoms with Gasteiger partial charge in [-0.25, -0.2) is 14.5 Å². The van der Waals surface area contributed by atoms with E-state index < -0.39 is 5.97 Å². The van der Waals surface area contributed by atoms with Gasteiger partial charge in [0.15, 0.2) is 0 Å². The lowest BCUT2D eigenvalue weighted by molar-refractivity contribution is 0.0697. The molecule has 0 atom stereocenters. The molecule has 2 heterocycles. The minimum atomic E-state index is -1.09. The fraction of sp³-hybridized carbons (Fsp3) is 0.143. The third-order valence-corrected chi connectivity index (χ3v) is 3.21. The predicted molar refractivity (Wildman–Crippen MR) is 75.8 cm³/mol. The highest BCUT2D eigenvalue weighted by Gasteiger charge is 2.10. The van der Waals surface area contributed by atoms with Crippen molar-refractivity contribution in [2.45, 2.75) is 13.3 Å². The normalized spacial score (nSPS) is 10.9. The van der Waals surface area contributed by atoms with Crippen LogP contribution in [0.5, 0.6) is 0 Å². The van der Waals surface area contributed by atoms with Gasteiger partial charge in [0, 0.05) is 6.20 Å². The second-order valence-corrected chi connectivity index (χ2v) is 4.57. The highest BCUT2D eigenvalue weighted by atomic mass is 16.4. The predicted octanol–water partition coefficient (Wildman–Crippen LogP) is 1.37. The van der Waals surface area contributed by atoms with E-state index in [-0.39, 0.29) is 17.1 Å². The number of hydrogen-bond donors (Lipinski definition) is 2. The Labute approximate surface area is 118 Å². The third-order valence-electron chi connectivity index (χ3n) is 3.21.